The van der Waals surface area contributed by atoms with E-state index in [1.165, 1.54) is 40.5 Å². The normalized spacial score (nSPS) is 15.3. The van der Waals surface area contributed by atoms with Crippen LogP contribution in [0.1, 0.15) is 32.1 Å². The van der Waals surface area contributed by atoms with Gasteiger partial charge in [-0.15, -0.1) is 11.3 Å². The molecule has 0 amide bonds. The zero-order valence-electron chi connectivity index (χ0n) is 11.8. The lowest BCUT2D eigenvalue weighted by molar-refractivity contribution is 0.909. The first-order valence-corrected chi connectivity index (χ1v) is 9.26. The molecule has 0 N–H and O–H groups in total. The summed E-state index contributed by atoms with van der Waals surface area (Å²) in [7, 11) is 0. The highest BCUT2D eigenvalue weighted by Crippen LogP contribution is 2.38. The molecule has 2 heteroatoms. The Labute approximate surface area is 137 Å². The van der Waals surface area contributed by atoms with Crippen LogP contribution in [0.3, 0.4) is 0 Å². The molecule has 1 aliphatic rings. The lowest BCUT2D eigenvalue weighted by Gasteiger charge is -2.09. The van der Waals surface area contributed by atoms with E-state index in [1.807, 2.05) is 11.3 Å². The van der Waals surface area contributed by atoms with Crippen molar-refractivity contribution in [3.8, 4) is 0 Å². The van der Waals surface area contributed by atoms with E-state index in [9.17, 15) is 0 Å². The van der Waals surface area contributed by atoms with Crippen molar-refractivity contribution in [2.45, 2.75) is 30.5 Å². The summed E-state index contributed by atoms with van der Waals surface area (Å²) in [4.78, 5) is 3.55. The van der Waals surface area contributed by atoms with E-state index < -0.39 is 0 Å². The van der Waals surface area contributed by atoms with Gasteiger partial charge in [0.15, 0.2) is 0 Å². The smallest absolute Gasteiger partial charge is 0.0529 e. The second-order valence-corrected chi connectivity index (χ2v) is 8.08. The number of alkyl halides is 1. The molecule has 1 aliphatic carbocycles. The molecule has 0 bridgehead atoms. The van der Waals surface area contributed by atoms with E-state index in [2.05, 4.69) is 64.5 Å². The number of halogens is 1. The van der Waals surface area contributed by atoms with Gasteiger partial charge in [-0.05, 0) is 53.6 Å². The third-order valence-electron chi connectivity index (χ3n) is 4.30. The first-order chi connectivity index (χ1) is 10.3. The second kappa shape index (κ2) is 5.58. The molecule has 1 unspecified atom stereocenters. The van der Waals surface area contributed by atoms with Crippen molar-refractivity contribution in [2.75, 3.05) is 0 Å². The van der Waals surface area contributed by atoms with Gasteiger partial charge in [-0.2, -0.15) is 0 Å². The van der Waals surface area contributed by atoms with E-state index in [4.69, 9.17) is 0 Å². The summed E-state index contributed by atoms with van der Waals surface area (Å²) in [5, 5.41) is 2.66. The van der Waals surface area contributed by atoms with Crippen LogP contribution >= 0.6 is 27.3 Å². The number of aryl methyl sites for hydroxylation is 2. The van der Waals surface area contributed by atoms with Crippen molar-refractivity contribution in [1.29, 1.82) is 0 Å². The molecule has 0 spiro atoms. The van der Waals surface area contributed by atoms with Crippen molar-refractivity contribution < 1.29 is 0 Å². The van der Waals surface area contributed by atoms with Crippen molar-refractivity contribution in [1.82, 2.24) is 0 Å². The first kappa shape index (κ1) is 13.5. The largest absolute Gasteiger partial charge is 0.144 e. The standard InChI is InChI=1S/C19H17BrS/c20-17(19-12-16-6-3-7-18(16)21-19)11-13-8-9-14-4-1-2-5-15(14)10-13/h1-2,4-5,8-10,12,17H,3,6-7,11H2. The maximum absolute atomic E-state index is 3.90. The van der Waals surface area contributed by atoms with Crippen molar-refractivity contribution >= 4 is 38.0 Å². The highest BCUT2D eigenvalue weighted by molar-refractivity contribution is 9.09. The molecule has 0 aliphatic heterocycles. The zero-order chi connectivity index (χ0) is 14.2. The van der Waals surface area contributed by atoms with Gasteiger partial charge in [-0.25, -0.2) is 0 Å². The van der Waals surface area contributed by atoms with Crippen LogP contribution in [0.2, 0.25) is 0 Å². The highest BCUT2D eigenvalue weighted by Gasteiger charge is 2.18. The van der Waals surface area contributed by atoms with Gasteiger partial charge in [-0.3, -0.25) is 0 Å². The topological polar surface area (TPSA) is 0 Å². The monoisotopic (exact) mass is 356 g/mol. The molecule has 106 valence electrons. The number of thiophene rings is 1. The number of rotatable bonds is 3. The number of fused-ring (bicyclic) bond motifs is 2. The molecule has 0 saturated heterocycles. The van der Waals surface area contributed by atoms with Gasteiger partial charge in [0.05, 0.1) is 4.83 Å². The van der Waals surface area contributed by atoms with Gasteiger partial charge in [0.2, 0.25) is 0 Å². The molecule has 1 atom stereocenters. The molecule has 21 heavy (non-hydrogen) atoms. The Morgan fingerprint density at radius 3 is 2.71 bits per heavy atom. The molecule has 0 nitrogen and oxygen atoms in total. The molecular weight excluding hydrogens is 340 g/mol. The summed E-state index contributed by atoms with van der Waals surface area (Å²) in [6.45, 7) is 0. The highest BCUT2D eigenvalue weighted by atomic mass is 79.9. The van der Waals surface area contributed by atoms with E-state index in [-0.39, 0.29) is 0 Å². The summed E-state index contributed by atoms with van der Waals surface area (Å²) in [6, 6.07) is 17.8. The fraction of sp³-hybridized carbons (Fsp3) is 0.263. The Morgan fingerprint density at radius 1 is 1.00 bits per heavy atom. The van der Waals surface area contributed by atoms with Gasteiger partial charge in [0, 0.05) is 9.75 Å². The van der Waals surface area contributed by atoms with Gasteiger partial charge < -0.3 is 0 Å². The number of hydrogen-bond donors (Lipinski definition) is 0. The SMILES string of the molecule is BrC(Cc1ccc2ccccc2c1)c1cc2c(s1)CCC2. The summed E-state index contributed by atoms with van der Waals surface area (Å²) in [5.41, 5.74) is 3.00. The lowest BCUT2D eigenvalue weighted by atomic mass is 10.0. The van der Waals surface area contributed by atoms with Gasteiger partial charge in [-0.1, -0.05) is 58.4 Å². The minimum absolute atomic E-state index is 0.439. The third-order valence-corrected chi connectivity index (χ3v) is 6.77. The third kappa shape index (κ3) is 2.67. The van der Waals surface area contributed by atoms with Gasteiger partial charge in [0.25, 0.3) is 0 Å². The Hall–Kier alpha value is -1.12. The van der Waals surface area contributed by atoms with Crippen LogP contribution in [0.5, 0.6) is 0 Å². The fourth-order valence-electron chi connectivity index (χ4n) is 3.18. The van der Waals surface area contributed by atoms with E-state index >= 15 is 0 Å². The Morgan fingerprint density at radius 2 is 1.86 bits per heavy atom. The summed E-state index contributed by atoms with van der Waals surface area (Å²) < 4.78 is 0. The molecule has 1 heterocycles. The lowest BCUT2D eigenvalue weighted by Crippen LogP contribution is -1.93. The molecular formula is C19H17BrS. The van der Waals surface area contributed by atoms with Crippen molar-refractivity contribution in [3.05, 3.63) is 69.4 Å². The summed E-state index contributed by atoms with van der Waals surface area (Å²) in [6.07, 6.45) is 4.97. The first-order valence-electron chi connectivity index (χ1n) is 7.53. The molecule has 0 saturated carbocycles. The van der Waals surface area contributed by atoms with Crippen LogP contribution in [-0.2, 0) is 19.3 Å². The van der Waals surface area contributed by atoms with Crippen molar-refractivity contribution in [2.24, 2.45) is 0 Å². The molecule has 0 radical (unpaired) electrons. The number of hydrogen-bond acceptors (Lipinski definition) is 1. The van der Waals surface area contributed by atoms with Crippen LogP contribution < -0.4 is 0 Å². The van der Waals surface area contributed by atoms with Crippen LogP contribution in [-0.4, -0.2) is 0 Å². The molecule has 3 aromatic rings. The maximum atomic E-state index is 3.90. The average Bonchev–Trinajstić information content (AvgIpc) is 3.08. The minimum atomic E-state index is 0.439. The van der Waals surface area contributed by atoms with E-state index in [1.54, 1.807) is 10.4 Å². The number of benzene rings is 2. The van der Waals surface area contributed by atoms with Crippen LogP contribution in [0.4, 0.5) is 0 Å². The predicted molar refractivity (Wildman–Crippen MR) is 95.7 cm³/mol. The summed E-state index contributed by atoms with van der Waals surface area (Å²) >= 11 is 5.90. The summed E-state index contributed by atoms with van der Waals surface area (Å²) in [5.74, 6) is 0. The predicted octanol–water partition coefficient (Wildman–Crippen LogP) is 6.07. The Bertz CT molecular complexity index is 766. The van der Waals surface area contributed by atoms with E-state index in [0.717, 1.165) is 6.42 Å². The van der Waals surface area contributed by atoms with E-state index in [0.29, 0.717) is 4.83 Å². The van der Waals surface area contributed by atoms with Crippen LogP contribution in [0, 0.1) is 0 Å². The quantitative estimate of drug-likeness (QED) is 0.499. The maximum Gasteiger partial charge on any atom is 0.0529 e. The van der Waals surface area contributed by atoms with Gasteiger partial charge in [0.1, 0.15) is 0 Å². The Kier molecular flexibility index (Phi) is 3.60. The zero-order valence-corrected chi connectivity index (χ0v) is 14.2. The fourth-order valence-corrected chi connectivity index (χ4v) is 5.20. The minimum Gasteiger partial charge on any atom is -0.144 e. The molecule has 4 rings (SSSR count). The van der Waals surface area contributed by atoms with Gasteiger partial charge >= 0.3 is 0 Å². The van der Waals surface area contributed by atoms with Crippen molar-refractivity contribution in [3.63, 3.8) is 0 Å². The van der Waals surface area contributed by atoms with Crippen LogP contribution in [0.25, 0.3) is 10.8 Å². The van der Waals surface area contributed by atoms with Crippen LogP contribution in [0.15, 0.2) is 48.5 Å². The second-order valence-electron chi connectivity index (χ2n) is 5.80. The molecule has 2 aromatic carbocycles. The molecule has 1 aromatic heterocycles. The molecule has 0 fully saturated rings. The Balaban J connectivity index is 1.58. The average molecular weight is 357 g/mol.